The molecule has 3 nitrogen and oxygen atoms in total. The first-order chi connectivity index (χ1) is 10.6. The molecule has 0 bridgehead atoms. The van der Waals surface area contributed by atoms with Gasteiger partial charge in [0.05, 0.1) is 17.2 Å². The second kappa shape index (κ2) is 5.87. The van der Waals surface area contributed by atoms with Crippen molar-refractivity contribution in [2.24, 2.45) is 0 Å². The molecule has 0 unspecified atom stereocenters. The summed E-state index contributed by atoms with van der Waals surface area (Å²) in [6.07, 6.45) is 0. The van der Waals surface area contributed by atoms with Gasteiger partial charge in [-0.25, -0.2) is 8.78 Å². The van der Waals surface area contributed by atoms with Crippen molar-refractivity contribution >= 4 is 11.6 Å². The Morgan fingerprint density at radius 2 is 1.73 bits per heavy atom. The van der Waals surface area contributed by atoms with Crippen LogP contribution in [-0.2, 0) is 6.61 Å². The van der Waals surface area contributed by atoms with E-state index >= 15 is 0 Å². The molecule has 3 aromatic rings. The molecule has 2 aromatic carbocycles. The Kier molecular flexibility index (Phi) is 3.92. The Morgan fingerprint density at radius 1 is 1.05 bits per heavy atom. The highest BCUT2D eigenvalue weighted by Crippen LogP contribution is 2.35. The van der Waals surface area contributed by atoms with E-state index in [1.165, 1.54) is 36.4 Å². The zero-order chi connectivity index (χ0) is 15.7. The number of hydrogen-bond donors (Lipinski definition) is 1. The summed E-state index contributed by atoms with van der Waals surface area (Å²) in [5, 5.41) is 13.7. The molecule has 0 saturated carbocycles. The minimum atomic E-state index is -0.471. The van der Waals surface area contributed by atoms with Gasteiger partial charge in [-0.15, -0.1) is 0 Å². The zero-order valence-corrected chi connectivity index (χ0v) is 11.9. The minimum absolute atomic E-state index is 0.161. The van der Waals surface area contributed by atoms with Gasteiger partial charge in [-0.3, -0.25) is 0 Å². The van der Waals surface area contributed by atoms with Crippen molar-refractivity contribution in [3.63, 3.8) is 0 Å². The molecule has 3 rings (SSSR count). The summed E-state index contributed by atoms with van der Waals surface area (Å²) in [5.74, 6) is -0.532. The first kappa shape index (κ1) is 14.7. The van der Waals surface area contributed by atoms with Crippen LogP contribution in [0.1, 0.15) is 5.56 Å². The van der Waals surface area contributed by atoms with Crippen LogP contribution in [0.15, 0.2) is 47.0 Å². The van der Waals surface area contributed by atoms with Gasteiger partial charge in [0.2, 0.25) is 0 Å². The molecule has 0 aliphatic rings. The highest BCUT2D eigenvalue weighted by molar-refractivity contribution is 6.33. The maximum absolute atomic E-state index is 13.1. The Balaban J connectivity index is 2.13. The first-order valence-corrected chi connectivity index (χ1v) is 6.78. The number of nitrogens with zero attached hydrogens (tertiary/aromatic N) is 1. The summed E-state index contributed by atoms with van der Waals surface area (Å²) in [5.41, 5.74) is 1.75. The van der Waals surface area contributed by atoms with E-state index in [1.807, 2.05) is 0 Å². The largest absolute Gasteiger partial charge is 0.391 e. The van der Waals surface area contributed by atoms with Crippen LogP contribution in [0, 0.1) is 11.6 Å². The molecule has 0 atom stereocenters. The topological polar surface area (TPSA) is 46.3 Å². The van der Waals surface area contributed by atoms with E-state index in [0.717, 1.165) is 6.07 Å². The molecule has 0 amide bonds. The van der Waals surface area contributed by atoms with E-state index in [9.17, 15) is 13.9 Å². The van der Waals surface area contributed by atoms with Crippen molar-refractivity contribution in [1.82, 2.24) is 5.16 Å². The Hall–Kier alpha value is -2.24. The molecule has 0 radical (unpaired) electrons. The van der Waals surface area contributed by atoms with Gasteiger partial charge in [0.1, 0.15) is 17.3 Å². The number of halogens is 3. The van der Waals surface area contributed by atoms with Crippen molar-refractivity contribution < 1.29 is 18.4 Å². The van der Waals surface area contributed by atoms with Crippen molar-refractivity contribution in [2.75, 3.05) is 0 Å². The van der Waals surface area contributed by atoms with Crippen LogP contribution in [0.3, 0.4) is 0 Å². The Labute approximate surface area is 129 Å². The fourth-order valence-corrected chi connectivity index (χ4v) is 2.43. The molecule has 1 N–H and O–H groups in total. The molecular weight excluding hydrogens is 312 g/mol. The number of hydrogen-bond acceptors (Lipinski definition) is 3. The van der Waals surface area contributed by atoms with Gasteiger partial charge in [0.25, 0.3) is 0 Å². The maximum atomic E-state index is 13.1. The van der Waals surface area contributed by atoms with Crippen LogP contribution < -0.4 is 0 Å². The average Bonchev–Trinajstić information content (AvgIpc) is 2.91. The molecule has 1 heterocycles. The lowest BCUT2D eigenvalue weighted by Gasteiger charge is -2.03. The summed E-state index contributed by atoms with van der Waals surface area (Å²) < 4.78 is 31.4. The van der Waals surface area contributed by atoms with E-state index in [0.29, 0.717) is 28.1 Å². The Bertz CT molecular complexity index is 816. The number of aromatic nitrogens is 1. The molecule has 0 aliphatic heterocycles. The Morgan fingerprint density at radius 3 is 2.36 bits per heavy atom. The third-order valence-corrected chi connectivity index (χ3v) is 3.55. The van der Waals surface area contributed by atoms with E-state index < -0.39 is 5.82 Å². The van der Waals surface area contributed by atoms with Gasteiger partial charge in [-0.05, 0) is 42.5 Å². The highest BCUT2D eigenvalue weighted by atomic mass is 35.5. The SMILES string of the molecule is OCc1c(-c2ccc(F)cc2Cl)noc1-c1ccc(F)cc1. The van der Waals surface area contributed by atoms with E-state index in [2.05, 4.69) is 5.16 Å². The maximum Gasteiger partial charge on any atom is 0.173 e. The normalized spacial score (nSPS) is 10.9. The monoisotopic (exact) mass is 321 g/mol. The number of rotatable bonds is 3. The molecular formula is C16H10ClF2NO2. The van der Waals surface area contributed by atoms with Gasteiger partial charge in [0, 0.05) is 11.1 Å². The molecule has 0 aliphatic carbocycles. The average molecular weight is 322 g/mol. The van der Waals surface area contributed by atoms with Crippen LogP contribution >= 0.6 is 11.6 Å². The summed E-state index contributed by atoms with van der Waals surface area (Å²) >= 11 is 6.02. The number of aliphatic hydroxyl groups is 1. The van der Waals surface area contributed by atoms with Crippen LogP contribution in [0.2, 0.25) is 5.02 Å². The van der Waals surface area contributed by atoms with E-state index in [4.69, 9.17) is 16.1 Å². The lowest BCUT2D eigenvalue weighted by molar-refractivity contribution is 0.281. The number of benzene rings is 2. The quantitative estimate of drug-likeness (QED) is 0.776. The predicted octanol–water partition coefficient (Wildman–Crippen LogP) is 4.43. The fraction of sp³-hybridized carbons (Fsp3) is 0.0625. The van der Waals surface area contributed by atoms with Crippen LogP contribution in [0.5, 0.6) is 0 Å². The fourth-order valence-electron chi connectivity index (χ4n) is 2.18. The molecule has 112 valence electrons. The summed E-state index contributed by atoms with van der Waals surface area (Å²) in [4.78, 5) is 0. The second-order valence-electron chi connectivity index (χ2n) is 4.63. The standard InChI is InChI=1S/C16H10ClF2NO2/c17-14-7-11(19)5-6-12(14)15-13(8-21)16(22-20-15)9-1-3-10(18)4-2-9/h1-7,21H,8H2. The van der Waals surface area contributed by atoms with Crippen LogP contribution in [0.25, 0.3) is 22.6 Å². The smallest absolute Gasteiger partial charge is 0.173 e. The second-order valence-corrected chi connectivity index (χ2v) is 5.04. The molecule has 0 saturated heterocycles. The summed E-state index contributed by atoms with van der Waals surface area (Å²) in [6, 6.07) is 9.46. The predicted molar refractivity (Wildman–Crippen MR) is 78.2 cm³/mol. The summed E-state index contributed by atoms with van der Waals surface area (Å²) in [6.45, 7) is -0.348. The first-order valence-electron chi connectivity index (χ1n) is 6.41. The molecule has 1 aromatic heterocycles. The zero-order valence-electron chi connectivity index (χ0n) is 11.2. The lowest BCUT2D eigenvalue weighted by atomic mass is 10.0. The summed E-state index contributed by atoms with van der Waals surface area (Å²) in [7, 11) is 0. The van der Waals surface area contributed by atoms with E-state index in [1.54, 1.807) is 0 Å². The van der Waals surface area contributed by atoms with Crippen molar-refractivity contribution in [2.45, 2.75) is 6.61 Å². The van der Waals surface area contributed by atoms with Gasteiger partial charge in [0.15, 0.2) is 5.76 Å². The van der Waals surface area contributed by atoms with Crippen LogP contribution in [0.4, 0.5) is 8.78 Å². The van der Waals surface area contributed by atoms with Gasteiger partial charge in [-0.2, -0.15) is 0 Å². The van der Waals surface area contributed by atoms with Crippen molar-refractivity contribution in [3.05, 3.63) is 64.7 Å². The third kappa shape index (κ3) is 2.61. The number of aliphatic hydroxyl groups excluding tert-OH is 1. The van der Waals surface area contributed by atoms with Gasteiger partial charge < -0.3 is 9.63 Å². The van der Waals surface area contributed by atoms with Crippen LogP contribution in [-0.4, -0.2) is 10.3 Å². The molecule has 6 heteroatoms. The molecule has 22 heavy (non-hydrogen) atoms. The lowest BCUT2D eigenvalue weighted by Crippen LogP contribution is -1.90. The molecule has 0 spiro atoms. The van der Waals surface area contributed by atoms with Crippen molar-refractivity contribution in [1.29, 1.82) is 0 Å². The van der Waals surface area contributed by atoms with Gasteiger partial charge in [-0.1, -0.05) is 16.8 Å². The minimum Gasteiger partial charge on any atom is -0.391 e. The van der Waals surface area contributed by atoms with E-state index in [-0.39, 0.29) is 17.4 Å². The van der Waals surface area contributed by atoms with Gasteiger partial charge >= 0.3 is 0 Å². The highest BCUT2D eigenvalue weighted by Gasteiger charge is 2.20. The molecule has 0 fully saturated rings. The van der Waals surface area contributed by atoms with Crippen molar-refractivity contribution in [3.8, 4) is 22.6 Å². The third-order valence-electron chi connectivity index (χ3n) is 3.24.